The maximum atomic E-state index is 12.3. The third-order valence-corrected chi connectivity index (χ3v) is 5.14. The largest absolute Gasteiger partial charge is 0.454 e. The van der Waals surface area contributed by atoms with E-state index in [9.17, 15) is 4.79 Å². The van der Waals surface area contributed by atoms with E-state index in [1.54, 1.807) is 29.5 Å². The molecule has 0 aliphatic carbocycles. The molecule has 4 rings (SSSR count). The molecule has 0 spiro atoms. The number of carbonyl (C=O) groups is 1. The van der Waals surface area contributed by atoms with Crippen LogP contribution in [0.3, 0.4) is 0 Å². The van der Waals surface area contributed by atoms with Gasteiger partial charge in [-0.1, -0.05) is 23.7 Å². The Labute approximate surface area is 159 Å². The lowest BCUT2D eigenvalue weighted by atomic mass is 10.2. The zero-order valence-electron chi connectivity index (χ0n) is 13.7. The van der Waals surface area contributed by atoms with Crippen LogP contribution >= 0.6 is 22.9 Å². The number of nitrogens with one attached hydrogen (secondary N) is 1. The molecule has 0 atom stereocenters. The Kier molecular flexibility index (Phi) is 4.77. The van der Waals surface area contributed by atoms with Crippen LogP contribution in [0, 0.1) is 0 Å². The molecule has 7 heteroatoms. The molecule has 26 heavy (non-hydrogen) atoms. The Morgan fingerprint density at radius 1 is 1.15 bits per heavy atom. The Hall–Kier alpha value is -2.57. The van der Waals surface area contributed by atoms with Gasteiger partial charge in [-0.15, -0.1) is 11.3 Å². The second-order valence-corrected chi connectivity index (χ2v) is 7.02. The highest BCUT2D eigenvalue weighted by Crippen LogP contribution is 2.32. The molecule has 1 amide bonds. The molecule has 0 saturated heterocycles. The first-order chi connectivity index (χ1) is 12.7. The summed E-state index contributed by atoms with van der Waals surface area (Å²) in [4.78, 5) is 16.9. The normalized spacial score (nSPS) is 12.2. The molecule has 0 bridgehead atoms. The van der Waals surface area contributed by atoms with E-state index in [1.807, 2.05) is 29.6 Å². The first-order valence-electron chi connectivity index (χ1n) is 8.07. The number of amides is 1. The number of ether oxygens (including phenoxy) is 2. The Balaban J connectivity index is 1.33. The van der Waals surface area contributed by atoms with Crippen molar-refractivity contribution in [2.24, 2.45) is 0 Å². The van der Waals surface area contributed by atoms with Crippen LogP contribution in [-0.2, 0) is 6.42 Å². The highest BCUT2D eigenvalue weighted by atomic mass is 35.5. The lowest BCUT2D eigenvalue weighted by Gasteiger charge is -2.05. The number of carbonyl (C=O) groups excluding carboxylic acids is 1. The predicted molar refractivity (Wildman–Crippen MR) is 101 cm³/mol. The molecule has 1 aliphatic rings. The smallest absolute Gasteiger partial charge is 0.251 e. The lowest BCUT2D eigenvalue weighted by Crippen LogP contribution is -2.25. The number of hydrogen-bond acceptors (Lipinski definition) is 5. The van der Waals surface area contributed by atoms with Crippen molar-refractivity contribution in [3.63, 3.8) is 0 Å². The van der Waals surface area contributed by atoms with E-state index in [2.05, 4.69) is 10.3 Å². The van der Waals surface area contributed by atoms with Gasteiger partial charge in [0.2, 0.25) is 6.79 Å². The average molecular weight is 387 g/mol. The fourth-order valence-electron chi connectivity index (χ4n) is 2.59. The first-order valence-corrected chi connectivity index (χ1v) is 9.33. The second-order valence-electron chi connectivity index (χ2n) is 5.72. The zero-order chi connectivity index (χ0) is 17.9. The van der Waals surface area contributed by atoms with Crippen LogP contribution in [0.25, 0.3) is 10.6 Å². The third kappa shape index (κ3) is 3.66. The van der Waals surface area contributed by atoms with E-state index >= 15 is 0 Å². The molecule has 132 valence electrons. The average Bonchev–Trinajstić information content (AvgIpc) is 3.31. The topological polar surface area (TPSA) is 60.5 Å². The van der Waals surface area contributed by atoms with Crippen LogP contribution < -0.4 is 14.8 Å². The molecule has 1 aliphatic heterocycles. The number of aromatic nitrogens is 1. The van der Waals surface area contributed by atoms with E-state index in [0.29, 0.717) is 35.1 Å². The first kappa shape index (κ1) is 16.9. The van der Waals surface area contributed by atoms with Crippen LogP contribution in [0.5, 0.6) is 11.5 Å². The number of halogens is 1. The SMILES string of the molecule is O=C(NCCc1csc(-c2ccc(Cl)cc2)n1)c1ccc2c(c1)OCO2. The Bertz CT molecular complexity index is 940. The van der Waals surface area contributed by atoms with Gasteiger partial charge >= 0.3 is 0 Å². The summed E-state index contributed by atoms with van der Waals surface area (Å²) >= 11 is 7.49. The van der Waals surface area contributed by atoms with Gasteiger partial charge in [-0.2, -0.15) is 0 Å². The highest BCUT2D eigenvalue weighted by Gasteiger charge is 2.16. The summed E-state index contributed by atoms with van der Waals surface area (Å²) < 4.78 is 10.5. The third-order valence-electron chi connectivity index (χ3n) is 3.94. The standard InChI is InChI=1S/C19H15ClN2O3S/c20-14-4-1-12(2-5-14)19-22-15(10-26-19)7-8-21-18(23)13-3-6-16-17(9-13)25-11-24-16/h1-6,9-10H,7-8,11H2,(H,21,23). The van der Waals surface area contributed by atoms with E-state index in [-0.39, 0.29) is 12.7 Å². The van der Waals surface area contributed by atoms with Crippen LogP contribution in [0.4, 0.5) is 0 Å². The second kappa shape index (κ2) is 7.35. The fraction of sp³-hybridized carbons (Fsp3) is 0.158. The van der Waals surface area contributed by atoms with E-state index < -0.39 is 0 Å². The molecular formula is C19H15ClN2O3S. The quantitative estimate of drug-likeness (QED) is 0.715. The molecule has 3 aromatic rings. The zero-order valence-corrected chi connectivity index (χ0v) is 15.3. The van der Waals surface area contributed by atoms with Crippen molar-refractivity contribution in [2.75, 3.05) is 13.3 Å². The Morgan fingerprint density at radius 3 is 2.81 bits per heavy atom. The van der Waals surface area contributed by atoms with Crippen molar-refractivity contribution in [1.29, 1.82) is 0 Å². The van der Waals surface area contributed by atoms with Gasteiger partial charge in [0, 0.05) is 34.5 Å². The van der Waals surface area contributed by atoms with Gasteiger partial charge in [0.1, 0.15) is 5.01 Å². The monoisotopic (exact) mass is 386 g/mol. The maximum absolute atomic E-state index is 12.3. The molecule has 2 aromatic carbocycles. The van der Waals surface area contributed by atoms with Gasteiger partial charge in [0.25, 0.3) is 5.91 Å². The summed E-state index contributed by atoms with van der Waals surface area (Å²) in [5.41, 5.74) is 2.54. The van der Waals surface area contributed by atoms with Crippen molar-refractivity contribution in [3.05, 3.63) is 64.1 Å². The van der Waals surface area contributed by atoms with Gasteiger partial charge in [-0.3, -0.25) is 4.79 Å². The molecule has 0 radical (unpaired) electrons. The molecular weight excluding hydrogens is 372 g/mol. The number of nitrogens with zero attached hydrogens (tertiary/aromatic N) is 1. The van der Waals surface area contributed by atoms with Gasteiger partial charge in [-0.05, 0) is 30.3 Å². The highest BCUT2D eigenvalue weighted by molar-refractivity contribution is 7.13. The molecule has 0 unspecified atom stereocenters. The van der Waals surface area contributed by atoms with E-state index in [0.717, 1.165) is 16.3 Å². The molecule has 0 fully saturated rings. The molecule has 5 nitrogen and oxygen atoms in total. The van der Waals surface area contributed by atoms with Crippen molar-refractivity contribution in [1.82, 2.24) is 10.3 Å². The summed E-state index contributed by atoms with van der Waals surface area (Å²) in [5, 5.41) is 6.57. The van der Waals surface area contributed by atoms with Gasteiger partial charge in [0.15, 0.2) is 11.5 Å². The van der Waals surface area contributed by atoms with Crippen LogP contribution in [-0.4, -0.2) is 24.2 Å². The summed E-state index contributed by atoms with van der Waals surface area (Å²) in [6, 6.07) is 12.8. The summed E-state index contributed by atoms with van der Waals surface area (Å²) in [6.07, 6.45) is 0.667. The molecule has 1 N–H and O–H groups in total. The minimum atomic E-state index is -0.142. The predicted octanol–water partition coefficient (Wildman–Crippen LogP) is 4.16. The van der Waals surface area contributed by atoms with Gasteiger partial charge in [-0.25, -0.2) is 4.98 Å². The molecule has 0 saturated carbocycles. The number of benzene rings is 2. The maximum Gasteiger partial charge on any atom is 0.251 e. The van der Waals surface area contributed by atoms with E-state index in [4.69, 9.17) is 21.1 Å². The fourth-order valence-corrected chi connectivity index (χ4v) is 3.58. The van der Waals surface area contributed by atoms with Gasteiger partial charge < -0.3 is 14.8 Å². The molecule has 2 heterocycles. The number of fused-ring (bicyclic) bond motifs is 1. The lowest BCUT2D eigenvalue weighted by molar-refractivity contribution is 0.0953. The number of hydrogen-bond donors (Lipinski definition) is 1. The number of rotatable bonds is 5. The van der Waals surface area contributed by atoms with Crippen LogP contribution in [0.1, 0.15) is 16.1 Å². The summed E-state index contributed by atoms with van der Waals surface area (Å²) in [5.74, 6) is 1.12. The van der Waals surface area contributed by atoms with Crippen molar-refractivity contribution in [2.45, 2.75) is 6.42 Å². The molecule has 1 aromatic heterocycles. The summed E-state index contributed by atoms with van der Waals surface area (Å²) in [7, 11) is 0. The van der Waals surface area contributed by atoms with Crippen LogP contribution in [0.2, 0.25) is 5.02 Å². The van der Waals surface area contributed by atoms with Crippen LogP contribution in [0.15, 0.2) is 47.8 Å². The van der Waals surface area contributed by atoms with E-state index in [1.165, 1.54) is 0 Å². The minimum Gasteiger partial charge on any atom is -0.454 e. The van der Waals surface area contributed by atoms with Crippen molar-refractivity contribution >= 4 is 28.8 Å². The Morgan fingerprint density at radius 2 is 1.96 bits per heavy atom. The van der Waals surface area contributed by atoms with Crippen molar-refractivity contribution < 1.29 is 14.3 Å². The minimum absolute atomic E-state index is 0.142. The van der Waals surface area contributed by atoms with Gasteiger partial charge in [0.05, 0.1) is 5.69 Å². The van der Waals surface area contributed by atoms with Crippen molar-refractivity contribution in [3.8, 4) is 22.1 Å². The summed E-state index contributed by atoms with van der Waals surface area (Å²) in [6.45, 7) is 0.706. The number of thiazole rings is 1.